The number of hydrogen-bond acceptors (Lipinski definition) is 3. The van der Waals surface area contributed by atoms with E-state index >= 15 is 0 Å². The van der Waals surface area contributed by atoms with Crippen LogP contribution in [0, 0.1) is 13.8 Å². The van der Waals surface area contributed by atoms with Gasteiger partial charge in [-0.3, -0.25) is 4.79 Å². The third-order valence-corrected chi connectivity index (χ3v) is 4.12. The van der Waals surface area contributed by atoms with E-state index in [4.69, 9.17) is 4.42 Å². The molecule has 0 spiro atoms. The highest BCUT2D eigenvalue weighted by atomic mass is 79.9. The molecule has 1 heterocycles. The average molecular weight is 406 g/mol. The van der Waals surface area contributed by atoms with Crippen molar-refractivity contribution in [1.82, 2.24) is 5.32 Å². The Morgan fingerprint density at radius 2 is 2.00 bits per heavy atom. The molecule has 0 bridgehead atoms. The second kappa shape index (κ2) is 7.29. The van der Waals surface area contributed by atoms with E-state index in [1.54, 1.807) is 26.0 Å². The Kier molecular flexibility index (Phi) is 5.58. The predicted octanol–water partition coefficient (Wildman–Crippen LogP) is 4.53. The first kappa shape index (κ1) is 18.4. The Hall–Kier alpha value is -1.96. The van der Waals surface area contributed by atoms with Crippen molar-refractivity contribution in [2.75, 3.05) is 6.61 Å². The van der Waals surface area contributed by atoms with Gasteiger partial charge in [-0.25, -0.2) is 0 Å². The van der Waals surface area contributed by atoms with Crippen LogP contribution in [0.5, 0.6) is 5.75 Å². The monoisotopic (exact) mass is 405 g/mol. The molecule has 0 saturated heterocycles. The number of amides is 1. The van der Waals surface area contributed by atoms with Crippen molar-refractivity contribution in [2.45, 2.75) is 26.6 Å². The zero-order valence-corrected chi connectivity index (χ0v) is 14.5. The van der Waals surface area contributed by atoms with E-state index in [0.29, 0.717) is 27.1 Å². The van der Waals surface area contributed by atoms with E-state index in [0.717, 1.165) is 0 Å². The predicted molar refractivity (Wildman–Crippen MR) is 85.0 cm³/mol. The fourth-order valence-corrected chi connectivity index (χ4v) is 2.64. The molecule has 1 amide bonds. The van der Waals surface area contributed by atoms with Crippen molar-refractivity contribution in [3.8, 4) is 5.75 Å². The lowest BCUT2D eigenvalue weighted by atomic mass is 10.2. The molecule has 0 saturated carbocycles. The van der Waals surface area contributed by atoms with Gasteiger partial charge < -0.3 is 14.5 Å². The van der Waals surface area contributed by atoms with Gasteiger partial charge in [-0.1, -0.05) is 12.1 Å². The highest BCUT2D eigenvalue weighted by Crippen LogP contribution is 2.27. The molecule has 24 heavy (non-hydrogen) atoms. The number of furan rings is 1. The molecule has 0 unspecified atom stereocenters. The largest absolute Gasteiger partial charge is 0.484 e. The summed E-state index contributed by atoms with van der Waals surface area (Å²) in [5.74, 6) is 0.841. The molecule has 1 aromatic carbocycles. The lowest BCUT2D eigenvalue weighted by Gasteiger charge is -2.10. The van der Waals surface area contributed by atoms with E-state index in [9.17, 15) is 18.0 Å². The molecular weight excluding hydrogens is 391 g/mol. The zero-order chi connectivity index (χ0) is 17.9. The van der Waals surface area contributed by atoms with Gasteiger partial charge in [0.1, 0.15) is 17.3 Å². The maximum atomic E-state index is 12.2. The summed E-state index contributed by atoms with van der Waals surface area (Å²) in [6.45, 7) is 2.20. The topological polar surface area (TPSA) is 51.5 Å². The fourth-order valence-electron chi connectivity index (χ4n) is 2.10. The lowest BCUT2D eigenvalue weighted by molar-refractivity contribution is -0.153. The molecular formula is C16H15BrF3NO3. The number of benzene rings is 1. The van der Waals surface area contributed by atoms with Crippen LogP contribution in [0.1, 0.15) is 27.4 Å². The SMILES string of the molecule is Cc1oc(C)c(C(=O)NCc2cccc(OCC(F)(F)F)c2)c1Br. The number of aryl methyl sites for hydroxylation is 2. The summed E-state index contributed by atoms with van der Waals surface area (Å²) in [7, 11) is 0. The quantitative estimate of drug-likeness (QED) is 0.794. The third-order valence-electron chi connectivity index (χ3n) is 3.17. The van der Waals surface area contributed by atoms with E-state index < -0.39 is 12.8 Å². The Morgan fingerprint density at radius 3 is 2.58 bits per heavy atom. The number of rotatable bonds is 5. The van der Waals surface area contributed by atoms with E-state index in [1.807, 2.05) is 0 Å². The molecule has 2 aromatic rings. The Morgan fingerprint density at radius 1 is 1.29 bits per heavy atom. The van der Waals surface area contributed by atoms with Gasteiger partial charge in [0.05, 0.1) is 10.0 Å². The molecule has 1 N–H and O–H groups in total. The second-order valence-corrected chi connectivity index (χ2v) is 5.93. The first-order valence-electron chi connectivity index (χ1n) is 6.99. The van der Waals surface area contributed by atoms with E-state index in [1.165, 1.54) is 12.1 Å². The molecule has 8 heteroatoms. The number of carbonyl (C=O) groups is 1. The number of hydrogen-bond donors (Lipinski definition) is 1. The van der Waals surface area contributed by atoms with Gasteiger partial charge in [0.25, 0.3) is 5.91 Å². The fraction of sp³-hybridized carbons (Fsp3) is 0.312. The maximum absolute atomic E-state index is 12.2. The Balaban J connectivity index is 2.00. The molecule has 0 radical (unpaired) electrons. The number of halogens is 4. The van der Waals surface area contributed by atoms with Crippen LogP contribution in [-0.4, -0.2) is 18.7 Å². The van der Waals surface area contributed by atoms with Crippen LogP contribution in [0.2, 0.25) is 0 Å². The normalized spacial score (nSPS) is 11.4. The van der Waals surface area contributed by atoms with Crippen LogP contribution in [0.15, 0.2) is 33.2 Å². The van der Waals surface area contributed by atoms with Crippen LogP contribution in [0.3, 0.4) is 0 Å². The lowest BCUT2D eigenvalue weighted by Crippen LogP contribution is -2.23. The van der Waals surface area contributed by atoms with Crippen molar-refractivity contribution in [3.05, 3.63) is 51.4 Å². The van der Waals surface area contributed by atoms with E-state index in [-0.39, 0.29) is 18.2 Å². The van der Waals surface area contributed by atoms with Gasteiger partial charge in [-0.05, 0) is 47.5 Å². The van der Waals surface area contributed by atoms with Gasteiger partial charge >= 0.3 is 6.18 Å². The van der Waals surface area contributed by atoms with Crippen molar-refractivity contribution < 1.29 is 27.1 Å². The minimum atomic E-state index is -4.40. The van der Waals surface area contributed by atoms with Crippen molar-refractivity contribution >= 4 is 21.8 Å². The van der Waals surface area contributed by atoms with Crippen LogP contribution in [-0.2, 0) is 6.54 Å². The van der Waals surface area contributed by atoms with Crippen LogP contribution < -0.4 is 10.1 Å². The number of carbonyl (C=O) groups excluding carboxylic acids is 1. The summed E-state index contributed by atoms with van der Waals surface area (Å²) in [5.41, 5.74) is 1.02. The molecule has 0 aliphatic rings. The molecule has 0 aliphatic carbocycles. The molecule has 4 nitrogen and oxygen atoms in total. The van der Waals surface area contributed by atoms with Crippen molar-refractivity contribution in [2.24, 2.45) is 0 Å². The molecule has 0 aliphatic heterocycles. The molecule has 1 aromatic heterocycles. The second-order valence-electron chi connectivity index (χ2n) is 5.14. The first-order valence-corrected chi connectivity index (χ1v) is 7.79. The smallest absolute Gasteiger partial charge is 0.422 e. The first-order chi connectivity index (χ1) is 11.2. The highest BCUT2D eigenvalue weighted by Gasteiger charge is 2.28. The minimum Gasteiger partial charge on any atom is -0.484 e. The van der Waals surface area contributed by atoms with Crippen LogP contribution in [0.4, 0.5) is 13.2 Å². The number of ether oxygens (including phenoxy) is 1. The molecule has 0 fully saturated rings. The highest BCUT2D eigenvalue weighted by molar-refractivity contribution is 9.10. The van der Waals surface area contributed by atoms with Crippen molar-refractivity contribution in [3.63, 3.8) is 0 Å². The van der Waals surface area contributed by atoms with Crippen molar-refractivity contribution in [1.29, 1.82) is 0 Å². The van der Waals surface area contributed by atoms with Gasteiger partial charge in [0.15, 0.2) is 6.61 Å². The Bertz CT molecular complexity index is 741. The molecule has 0 atom stereocenters. The summed E-state index contributed by atoms with van der Waals surface area (Å²) >= 11 is 3.30. The van der Waals surface area contributed by atoms with Gasteiger partial charge in [0, 0.05) is 6.54 Å². The summed E-state index contributed by atoms with van der Waals surface area (Å²) in [4.78, 5) is 12.2. The number of nitrogens with one attached hydrogen (secondary N) is 1. The standard InChI is InChI=1S/C16H15BrF3NO3/c1-9-13(14(17)10(2)24-9)15(22)21-7-11-4-3-5-12(6-11)23-8-16(18,19)20/h3-6H,7-8H2,1-2H3,(H,21,22). The van der Waals surface area contributed by atoms with Gasteiger partial charge in [0.2, 0.25) is 0 Å². The molecule has 2 rings (SSSR count). The summed E-state index contributed by atoms with van der Waals surface area (Å²) in [5, 5.41) is 2.70. The summed E-state index contributed by atoms with van der Waals surface area (Å²) in [6, 6.07) is 6.13. The summed E-state index contributed by atoms with van der Waals surface area (Å²) in [6.07, 6.45) is -4.40. The van der Waals surface area contributed by atoms with E-state index in [2.05, 4.69) is 26.0 Å². The van der Waals surface area contributed by atoms with Crippen LogP contribution >= 0.6 is 15.9 Å². The van der Waals surface area contributed by atoms with Gasteiger partial charge in [-0.15, -0.1) is 0 Å². The minimum absolute atomic E-state index is 0.0931. The third kappa shape index (κ3) is 4.77. The maximum Gasteiger partial charge on any atom is 0.422 e. The average Bonchev–Trinajstić information content (AvgIpc) is 2.75. The zero-order valence-electron chi connectivity index (χ0n) is 13.0. The van der Waals surface area contributed by atoms with Gasteiger partial charge in [-0.2, -0.15) is 13.2 Å². The summed E-state index contributed by atoms with van der Waals surface area (Å²) < 4.78 is 47.1. The molecule has 130 valence electrons. The Labute approximate surface area is 145 Å². The number of alkyl halides is 3. The van der Waals surface area contributed by atoms with Crippen LogP contribution in [0.25, 0.3) is 0 Å².